The molecule has 0 aliphatic heterocycles. The van der Waals surface area contributed by atoms with Gasteiger partial charge >= 0.3 is 0 Å². The van der Waals surface area contributed by atoms with E-state index >= 15 is 0 Å². The Bertz CT molecular complexity index is 1210. The van der Waals surface area contributed by atoms with E-state index < -0.39 is 36.9 Å². The number of nitrogens with zero attached hydrogens (tertiary/aromatic N) is 1. The number of rotatable bonds is 8. The van der Waals surface area contributed by atoms with Crippen LogP contribution in [0.3, 0.4) is 0 Å². The number of hydrogen-bond acceptors (Lipinski definition) is 9. The number of amides is 1. The number of carbonyl (C=O) groups excluding carboxylic acids is 1. The quantitative estimate of drug-likeness (QED) is 0.117. The van der Waals surface area contributed by atoms with Crippen molar-refractivity contribution < 1.29 is 24.1 Å². The lowest BCUT2D eigenvalue weighted by molar-refractivity contribution is 0.0406. The molecule has 1 aromatic heterocycles. The van der Waals surface area contributed by atoms with Crippen LogP contribution in [-0.2, 0) is 6.42 Å². The van der Waals surface area contributed by atoms with Crippen molar-refractivity contribution in [2.24, 2.45) is 0 Å². The number of halogens is 1. The maximum Gasteiger partial charge on any atom is 0.275 e. The van der Waals surface area contributed by atoms with Gasteiger partial charge in [0.1, 0.15) is 10.9 Å². The predicted octanol–water partition coefficient (Wildman–Crippen LogP) is 2.72. The minimum absolute atomic E-state index is 0.0438. The van der Waals surface area contributed by atoms with Crippen LogP contribution in [0.1, 0.15) is 47.8 Å². The van der Waals surface area contributed by atoms with E-state index in [1.54, 1.807) is 14.0 Å². The minimum atomic E-state index is -2.16. The minimum Gasteiger partial charge on any atom is -0.503 e. The van der Waals surface area contributed by atoms with Crippen molar-refractivity contribution in [1.29, 1.82) is 10.8 Å². The zero-order valence-electron chi connectivity index (χ0n) is 19.8. The number of pyridine rings is 1. The first-order valence-corrected chi connectivity index (χ1v) is 13.4. The van der Waals surface area contributed by atoms with Crippen molar-refractivity contribution >= 4 is 36.1 Å². The third-order valence-electron chi connectivity index (χ3n) is 6.35. The van der Waals surface area contributed by atoms with E-state index in [0.717, 1.165) is 6.20 Å². The zero-order valence-corrected chi connectivity index (χ0v) is 21.5. The highest BCUT2D eigenvalue weighted by atomic mass is 32.2. The van der Waals surface area contributed by atoms with Gasteiger partial charge < -0.3 is 24.8 Å². The van der Waals surface area contributed by atoms with Crippen LogP contribution < -0.4 is 10.7 Å². The van der Waals surface area contributed by atoms with Gasteiger partial charge in [-0.3, -0.25) is 25.7 Å². The van der Waals surface area contributed by atoms with Crippen molar-refractivity contribution in [2.75, 3.05) is 13.6 Å². The number of carbonyl (C=O) groups is 1. The Hall–Kier alpha value is -2.63. The van der Waals surface area contributed by atoms with Gasteiger partial charge in [-0.2, -0.15) is 0 Å². The predicted molar refractivity (Wildman–Crippen MR) is 138 cm³/mol. The Morgan fingerprint density at radius 1 is 1.33 bits per heavy atom. The molecule has 0 radical (unpaired) electrons. The molecule has 2 aromatic rings. The van der Waals surface area contributed by atoms with E-state index in [0.29, 0.717) is 36.6 Å². The summed E-state index contributed by atoms with van der Waals surface area (Å²) in [5.41, 5.74) is -2.02. The van der Waals surface area contributed by atoms with Crippen molar-refractivity contribution in [2.45, 2.75) is 43.9 Å². The van der Waals surface area contributed by atoms with E-state index in [1.165, 1.54) is 29.2 Å². The van der Waals surface area contributed by atoms with Crippen molar-refractivity contribution in [3.63, 3.8) is 0 Å². The van der Waals surface area contributed by atoms with Crippen molar-refractivity contribution in [3.8, 4) is 5.75 Å². The second-order valence-electron chi connectivity index (χ2n) is 8.46. The molecule has 1 amide bonds. The molecule has 0 spiro atoms. The second-order valence-corrected chi connectivity index (χ2v) is 10.9. The molecule has 13 heteroatoms. The van der Waals surface area contributed by atoms with Gasteiger partial charge in [-0.15, -0.1) is 0 Å². The number of thioether (sulfide) groups is 1. The van der Waals surface area contributed by atoms with E-state index in [-0.39, 0.29) is 40.0 Å². The third-order valence-corrected chi connectivity index (χ3v) is 8.26. The molecule has 1 heterocycles. The topological polar surface area (TPSA) is 174 Å². The first-order valence-electron chi connectivity index (χ1n) is 11.2. The summed E-state index contributed by atoms with van der Waals surface area (Å²) in [5.74, 6) is -1.87. The summed E-state index contributed by atoms with van der Waals surface area (Å²) in [6.07, 6.45) is 2.57. The Morgan fingerprint density at radius 3 is 2.56 bits per heavy atom. The molecule has 1 aromatic carbocycles. The van der Waals surface area contributed by atoms with Crippen LogP contribution in [-0.4, -0.2) is 65.7 Å². The maximum atomic E-state index is 13.4. The van der Waals surface area contributed by atoms with Gasteiger partial charge in [0.05, 0.1) is 16.3 Å². The fourth-order valence-electron chi connectivity index (χ4n) is 4.43. The molecule has 1 saturated carbocycles. The average molecular weight is 538 g/mol. The number of hydrogen-bond donors (Lipinski definition) is 7. The summed E-state index contributed by atoms with van der Waals surface area (Å²) >= 11 is 0.717. The molecule has 1 aliphatic rings. The van der Waals surface area contributed by atoms with Crippen LogP contribution in [0, 0.1) is 16.6 Å². The third kappa shape index (κ3) is 5.84. The molecule has 10 nitrogen and oxygen atoms in total. The molecule has 7 N–H and O–H groups in total. The highest BCUT2D eigenvalue weighted by Crippen LogP contribution is 2.47. The van der Waals surface area contributed by atoms with Gasteiger partial charge in [0.2, 0.25) is 5.43 Å². The highest BCUT2D eigenvalue weighted by molar-refractivity contribution is 8.26. The number of H-pyrrole nitrogens is 1. The van der Waals surface area contributed by atoms with Gasteiger partial charge in [-0.05, 0) is 50.9 Å². The van der Waals surface area contributed by atoms with Gasteiger partial charge in [0, 0.05) is 24.8 Å². The number of benzene rings is 1. The van der Waals surface area contributed by atoms with E-state index in [2.05, 4.69) is 10.3 Å². The average Bonchev–Trinajstić information content (AvgIpc) is 3.28. The standard InChI is InChI=1S/C23H29FN5O5PS/c1-3-29(23(27-2)9-8-15(11-23)35(33)34)22(32)18-20(31)19(30)16(12-28-18)21(26)36-17(25)10-13-4-6-14(24)7-5-13/h4-7,12,15,25-27,31,33-34H,3,8-11H2,1-2H3,(H,28,30). The molecule has 3 rings (SSSR count). The Kier molecular flexibility index (Phi) is 9.02. The lowest BCUT2D eigenvalue weighted by Crippen LogP contribution is -2.58. The summed E-state index contributed by atoms with van der Waals surface area (Å²) in [6, 6.07) is 5.60. The summed E-state index contributed by atoms with van der Waals surface area (Å²) in [4.78, 5) is 49.6. The molecule has 0 saturated heterocycles. The lowest BCUT2D eigenvalue weighted by Gasteiger charge is -2.41. The molecular formula is C23H29FN5O5PS. The zero-order chi connectivity index (χ0) is 26.6. The van der Waals surface area contributed by atoms with E-state index in [1.807, 2.05) is 0 Å². The normalized spacial score (nSPS) is 19.4. The molecule has 1 fully saturated rings. The number of aromatic hydroxyl groups is 1. The Labute approximate surface area is 212 Å². The first-order chi connectivity index (χ1) is 17.0. The fourth-order valence-corrected chi connectivity index (χ4v) is 6.00. The van der Waals surface area contributed by atoms with Crippen LogP contribution >= 0.6 is 20.1 Å². The summed E-state index contributed by atoms with van der Waals surface area (Å²) in [5, 5.41) is 29.8. The monoisotopic (exact) mass is 537 g/mol. The van der Waals surface area contributed by atoms with Crippen LogP contribution in [0.4, 0.5) is 4.39 Å². The molecule has 2 atom stereocenters. The van der Waals surface area contributed by atoms with Gasteiger partial charge in [0.15, 0.2) is 19.8 Å². The Balaban J connectivity index is 1.79. The van der Waals surface area contributed by atoms with E-state index in [9.17, 15) is 28.9 Å². The van der Waals surface area contributed by atoms with Crippen LogP contribution in [0.5, 0.6) is 5.75 Å². The summed E-state index contributed by atoms with van der Waals surface area (Å²) in [7, 11) is -0.496. The number of nitrogens with one attached hydrogen (secondary N) is 4. The largest absolute Gasteiger partial charge is 0.503 e. The SMILES string of the molecule is CCN(C(=O)c1[nH]cc(C(=N)SC(=N)Cc2ccc(F)cc2)c(=O)c1O)C1(NC)CCC(P(O)O)C1. The number of aromatic amines is 1. The number of aromatic nitrogens is 1. The van der Waals surface area contributed by atoms with Crippen LogP contribution in [0.25, 0.3) is 0 Å². The van der Waals surface area contributed by atoms with Crippen molar-refractivity contribution in [3.05, 3.63) is 63.3 Å². The summed E-state index contributed by atoms with van der Waals surface area (Å²) < 4.78 is 13.1. The molecule has 36 heavy (non-hydrogen) atoms. The van der Waals surface area contributed by atoms with Crippen LogP contribution in [0.15, 0.2) is 35.3 Å². The fraction of sp³-hybridized carbons (Fsp3) is 0.391. The lowest BCUT2D eigenvalue weighted by atomic mass is 10.1. The first kappa shape index (κ1) is 27.9. The van der Waals surface area contributed by atoms with Crippen LogP contribution in [0.2, 0.25) is 0 Å². The van der Waals surface area contributed by atoms with E-state index in [4.69, 9.17) is 10.8 Å². The maximum absolute atomic E-state index is 13.4. The van der Waals surface area contributed by atoms with Gasteiger partial charge in [0.25, 0.3) is 5.91 Å². The Morgan fingerprint density at radius 2 is 2.00 bits per heavy atom. The van der Waals surface area contributed by atoms with Crippen molar-refractivity contribution in [1.82, 2.24) is 15.2 Å². The molecule has 194 valence electrons. The van der Waals surface area contributed by atoms with Gasteiger partial charge in [-0.25, -0.2) is 4.39 Å². The second kappa shape index (κ2) is 11.6. The molecule has 2 unspecified atom stereocenters. The molecule has 1 aliphatic carbocycles. The summed E-state index contributed by atoms with van der Waals surface area (Å²) in [6.45, 7) is 1.98. The van der Waals surface area contributed by atoms with Gasteiger partial charge in [-0.1, -0.05) is 23.9 Å². The molecular weight excluding hydrogens is 508 g/mol. The molecule has 0 bridgehead atoms. The smallest absolute Gasteiger partial charge is 0.275 e. The highest BCUT2D eigenvalue weighted by Gasteiger charge is 2.47.